The Morgan fingerprint density at radius 1 is 1.33 bits per heavy atom. The van der Waals surface area contributed by atoms with Gasteiger partial charge in [-0.15, -0.1) is 0 Å². The highest BCUT2D eigenvalue weighted by atomic mass is 32.1. The van der Waals surface area contributed by atoms with Crippen molar-refractivity contribution in [2.24, 2.45) is 0 Å². The van der Waals surface area contributed by atoms with Crippen LogP contribution in [0, 0.1) is 5.82 Å². The van der Waals surface area contributed by atoms with Crippen molar-refractivity contribution >= 4 is 40.8 Å². The molecule has 2 aliphatic heterocycles. The Labute approximate surface area is 180 Å². The summed E-state index contributed by atoms with van der Waals surface area (Å²) >= 11 is 5.21. The fourth-order valence-corrected chi connectivity index (χ4v) is 3.85. The van der Waals surface area contributed by atoms with Gasteiger partial charge >= 0.3 is 12.2 Å². The molecular weight excluding hydrogens is 411 g/mol. The maximum atomic E-state index is 14.8. The quantitative estimate of drug-likeness (QED) is 0.685. The monoisotopic (exact) mass is 438 g/mol. The van der Waals surface area contributed by atoms with Crippen molar-refractivity contribution in [3.63, 3.8) is 0 Å². The highest BCUT2D eigenvalue weighted by Crippen LogP contribution is 2.28. The van der Waals surface area contributed by atoms with Crippen LogP contribution in [0.2, 0.25) is 0 Å². The Kier molecular flexibility index (Phi) is 7.30. The number of benzene rings is 1. The fourth-order valence-electron chi connectivity index (χ4n) is 3.56. The fraction of sp³-hybridized carbons (Fsp3) is 0.550. The van der Waals surface area contributed by atoms with E-state index in [0.29, 0.717) is 50.6 Å². The number of carbonyl (C=O) groups excluding carboxylic acids is 2. The van der Waals surface area contributed by atoms with E-state index in [-0.39, 0.29) is 12.2 Å². The summed E-state index contributed by atoms with van der Waals surface area (Å²) in [5.41, 5.74) is 0.895. The van der Waals surface area contributed by atoms with Gasteiger partial charge in [-0.3, -0.25) is 4.90 Å². The molecule has 1 unspecified atom stereocenters. The predicted octanol–water partition coefficient (Wildman–Crippen LogP) is 2.76. The van der Waals surface area contributed by atoms with Gasteiger partial charge in [0.05, 0.1) is 36.6 Å². The summed E-state index contributed by atoms with van der Waals surface area (Å²) in [6.45, 7) is 4.73. The van der Waals surface area contributed by atoms with Crippen LogP contribution < -0.4 is 15.1 Å². The molecule has 2 heterocycles. The molecule has 10 heteroatoms. The molecular formula is C20H27FN4O4S. The van der Waals surface area contributed by atoms with E-state index >= 15 is 0 Å². The average molecular weight is 439 g/mol. The van der Waals surface area contributed by atoms with E-state index in [0.717, 1.165) is 17.8 Å². The third-order valence-corrected chi connectivity index (χ3v) is 5.52. The number of rotatable bonds is 6. The van der Waals surface area contributed by atoms with Crippen LogP contribution in [0.3, 0.4) is 0 Å². The highest BCUT2D eigenvalue weighted by molar-refractivity contribution is 7.80. The molecule has 2 aliphatic rings. The van der Waals surface area contributed by atoms with E-state index in [9.17, 15) is 14.0 Å². The lowest BCUT2D eigenvalue weighted by Gasteiger charge is -2.35. The summed E-state index contributed by atoms with van der Waals surface area (Å²) in [6.07, 6.45) is 0.521. The van der Waals surface area contributed by atoms with Crippen molar-refractivity contribution in [3.05, 3.63) is 24.0 Å². The number of halogens is 1. The number of hydrogen-bond acceptors (Lipinski definition) is 6. The van der Waals surface area contributed by atoms with Crippen LogP contribution in [-0.4, -0.2) is 74.6 Å². The lowest BCUT2D eigenvalue weighted by Crippen LogP contribution is -2.49. The Balaban J connectivity index is 1.59. The Morgan fingerprint density at radius 3 is 2.70 bits per heavy atom. The molecule has 0 spiro atoms. The number of hydrogen-bond donors (Lipinski definition) is 1. The number of amides is 2. The molecule has 1 atom stereocenters. The van der Waals surface area contributed by atoms with Gasteiger partial charge < -0.3 is 24.6 Å². The first-order chi connectivity index (χ1) is 14.4. The molecule has 0 saturated carbocycles. The van der Waals surface area contributed by atoms with Gasteiger partial charge in [0.15, 0.2) is 0 Å². The van der Waals surface area contributed by atoms with Crippen LogP contribution in [0.5, 0.6) is 0 Å². The zero-order chi connectivity index (χ0) is 21.7. The lowest BCUT2D eigenvalue weighted by molar-refractivity contribution is 0.121. The SMILES string of the molecule is CCCC(=S)NCC1CN(c2ccc(N3CCN(C(=O)OC)CC3)c(F)c2)C(=O)O1. The molecule has 1 N–H and O–H groups in total. The van der Waals surface area contributed by atoms with Gasteiger partial charge in [-0.2, -0.15) is 0 Å². The molecule has 2 saturated heterocycles. The highest BCUT2D eigenvalue weighted by Gasteiger charge is 2.33. The molecule has 8 nitrogen and oxygen atoms in total. The third kappa shape index (κ3) is 5.10. The second-order valence-electron chi connectivity index (χ2n) is 7.25. The zero-order valence-corrected chi connectivity index (χ0v) is 18.0. The standard InChI is InChI=1S/C20H27FN4O4S/c1-3-4-18(30)22-12-15-13-25(20(27)29-15)14-5-6-17(16(21)11-14)23-7-9-24(10-8-23)19(26)28-2/h5-6,11,15H,3-4,7-10,12-13H2,1-2H3,(H,22,30). The first kappa shape index (κ1) is 22.1. The summed E-state index contributed by atoms with van der Waals surface area (Å²) in [6, 6.07) is 4.72. The van der Waals surface area contributed by atoms with Crippen molar-refractivity contribution in [1.29, 1.82) is 0 Å². The van der Waals surface area contributed by atoms with E-state index < -0.39 is 11.9 Å². The van der Waals surface area contributed by atoms with E-state index in [1.54, 1.807) is 17.0 Å². The molecule has 30 heavy (non-hydrogen) atoms. The molecule has 0 aromatic heterocycles. The van der Waals surface area contributed by atoms with Crippen LogP contribution in [0.1, 0.15) is 19.8 Å². The molecule has 0 radical (unpaired) electrons. The minimum Gasteiger partial charge on any atom is -0.453 e. The Bertz CT molecular complexity index is 801. The number of piperazine rings is 1. The molecule has 0 bridgehead atoms. The molecule has 2 amide bonds. The number of anilines is 2. The number of methoxy groups -OCH3 is 1. The third-order valence-electron chi connectivity index (χ3n) is 5.17. The van der Waals surface area contributed by atoms with Gasteiger partial charge in [-0.1, -0.05) is 19.1 Å². The molecule has 1 aromatic carbocycles. The van der Waals surface area contributed by atoms with Crippen LogP contribution in [0.25, 0.3) is 0 Å². The zero-order valence-electron chi connectivity index (χ0n) is 17.2. The maximum Gasteiger partial charge on any atom is 0.414 e. The molecule has 2 fully saturated rings. The van der Waals surface area contributed by atoms with Crippen molar-refractivity contribution in [3.8, 4) is 0 Å². The normalized spacial score (nSPS) is 19.0. The predicted molar refractivity (Wildman–Crippen MR) is 116 cm³/mol. The number of ether oxygens (including phenoxy) is 2. The topological polar surface area (TPSA) is 74.4 Å². The minimum absolute atomic E-state index is 0.331. The smallest absolute Gasteiger partial charge is 0.414 e. The van der Waals surface area contributed by atoms with E-state index in [1.165, 1.54) is 18.1 Å². The number of nitrogens with one attached hydrogen (secondary N) is 1. The van der Waals surface area contributed by atoms with Crippen LogP contribution in [-0.2, 0) is 9.47 Å². The van der Waals surface area contributed by atoms with Crippen molar-refractivity contribution in [2.75, 3.05) is 56.2 Å². The largest absolute Gasteiger partial charge is 0.453 e. The molecule has 3 rings (SSSR count). The number of thiocarbonyl (C=S) groups is 1. The van der Waals surface area contributed by atoms with Gasteiger partial charge in [0, 0.05) is 26.2 Å². The van der Waals surface area contributed by atoms with Crippen LogP contribution in [0.4, 0.5) is 25.4 Å². The lowest BCUT2D eigenvalue weighted by atomic mass is 10.2. The number of carbonyl (C=O) groups is 2. The van der Waals surface area contributed by atoms with E-state index in [2.05, 4.69) is 5.32 Å². The summed E-state index contributed by atoms with van der Waals surface area (Å²) in [5, 5.41) is 3.11. The van der Waals surface area contributed by atoms with Gasteiger partial charge in [0.25, 0.3) is 0 Å². The Hall–Kier alpha value is -2.62. The number of nitrogens with zero attached hydrogens (tertiary/aromatic N) is 3. The summed E-state index contributed by atoms with van der Waals surface area (Å²) in [4.78, 5) is 29.5. The van der Waals surface area contributed by atoms with Gasteiger partial charge in [-0.05, 0) is 31.0 Å². The Morgan fingerprint density at radius 2 is 2.07 bits per heavy atom. The summed E-state index contributed by atoms with van der Waals surface area (Å²) < 4.78 is 24.9. The van der Waals surface area contributed by atoms with Gasteiger partial charge in [0.1, 0.15) is 11.9 Å². The van der Waals surface area contributed by atoms with E-state index in [1.807, 2.05) is 11.8 Å². The molecule has 1 aromatic rings. The molecule has 0 aliphatic carbocycles. The minimum atomic E-state index is -0.498. The summed E-state index contributed by atoms with van der Waals surface area (Å²) in [5.74, 6) is -0.419. The van der Waals surface area contributed by atoms with Crippen molar-refractivity contribution in [1.82, 2.24) is 10.2 Å². The second-order valence-corrected chi connectivity index (χ2v) is 7.74. The van der Waals surface area contributed by atoms with Crippen LogP contribution in [0.15, 0.2) is 18.2 Å². The van der Waals surface area contributed by atoms with Crippen molar-refractivity contribution < 1.29 is 23.5 Å². The van der Waals surface area contributed by atoms with E-state index in [4.69, 9.17) is 21.7 Å². The van der Waals surface area contributed by atoms with Gasteiger partial charge in [0.2, 0.25) is 0 Å². The van der Waals surface area contributed by atoms with Crippen molar-refractivity contribution in [2.45, 2.75) is 25.9 Å². The molecule has 164 valence electrons. The average Bonchev–Trinajstić information content (AvgIpc) is 3.12. The summed E-state index contributed by atoms with van der Waals surface area (Å²) in [7, 11) is 1.34. The van der Waals surface area contributed by atoms with Crippen LogP contribution >= 0.6 is 12.2 Å². The first-order valence-electron chi connectivity index (χ1n) is 10.0. The van der Waals surface area contributed by atoms with Gasteiger partial charge in [-0.25, -0.2) is 14.0 Å². The second kappa shape index (κ2) is 9.92. The first-order valence-corrected chi connectivity index (χ1v) is 10.5. The number of cyclic esters (lactones) is 1. The maximum absolute atomic E-state index is 14.8.